The van der Waals surface area contributed by atoms with E-state index in [0.717, 1.165) is 25.3 Å². The molecule has 1 aliphatic heterocycles. The monoisotopic (exact) mass is 253 g/mol. The largest absolute Gasteiger partial charge is 0.466 e. The molecule has 0 aromatic carbocycles. The zero-order valence-corrected chi connectivity index (χ0v) is 11.7. The van der Waals surface area contributed by atoms with Crippen molar-refractivity contribution < 1.29 is 9.53 Å². The Morgan fingerprint density at radius 3 is 2.67 bits per heavy atom. The molecule has 0 bridgehead atoms. The normalized spacial score (nSPS) is 27.1. The molecule has 0 spiro atoms. The lowest BCUT2D eigenvalue weighted by Crippen LogP contribution is -2.41. The van der Waals surface area contributed by atoms with Gasteiger partial charge in [0.25, 0.3) is 0 Å². The predicted molar refractivity (Wildman–Crippen MR) is 72.4 cm³/mol. The first-order chi connectivity index (χ1) is 8.79. The summed E-state index contributed by atoms with van der Waals surface area (Å²) in [5, 5.41) is 0. The van der Waals surface area contributed by atoms with E-state index in [1.165, 1.54) is 45.2 Å². The summed E-state index contributed by atoms with van der Waals surface area (Å²) < 4.78 is 5.15. The van der Waals surface area contributed by atoms with Crippen LogP contribution in [0.4, 0.5) is 0 Å². The Morgan fingerprint density at radius 2 is 1.94 bits per heavy atom. The summed E-state index contributed by atoms with van der Waals surface area (Å²) in [6.45, 7) is 5.70. The highest BCUT2D eigenvalue weighted by Crippen LogP contribution is 2.26. The van der Waals surface area contributed by atoms with Crippen LogP contribution >= 0.6 is 0 Å². The van der Waals surface area contributed by atoms with Crippen molar-refractivity contribution in [1.29, 1.82) is 0 Å². The maximum atomic E-state index is 11.8. The van der Waals surface area contributed by atoms with E-state index in [4.69, 9.17) is 4.74 Å². The first kappa shape index (κ1) is 13.9. The average molecular weight is 253 g/mol. The van der Waals surface area contributed by atoms with Crippen molar-refractivity contribution in [2.24, 2.45) is 11.8 Å². The van der Waals surface area contributed by atoms with Gasteiger partial charge in [0.15, 0.2) is 0 Å². The van der Waals surface area contributed by atoms with Crippen molar-refractivity contribution in [2.75, 3.05) is 26.2 Å². The van der Waals surface area contributed by atoms with Crippen LogP contribution in [0.1, 0.15) is 51.9 Å². The van der Waals surface area contributed by atoms with Gasteiger partial charge in [0.2, 0.25) is 0 Å². The molecule has 0 amide bonds. The average Bonchev–Trinajstić information content (AvgIpc) is 2.40. The number of hydrogen-bond acceptors (Lipinski definition) is 3. The summed E-state index contributed by atoms with van der Waals surface area (Å²) in [6.07, 6.45) is 9.17. The van der Waals surface area contributed by atoms with Crippen molar-refractivity contribution in [3.63, 3.8) is 0 Å². The van der Waals surface area contributed by atoms with Gasteiger partial charge in [-0.3, -0.25) is 4.79 Å². The van der Waals surface area contributed by atoms with Crippen molar-refractivity contribution in [3.05, 3.63) is 0 Å². The minimum Gasteiger partial charge on any atom is -0.466 e. The van der Waals surface area contributed by atoms with E-state index >= 15 is 0 Å². The third-order valence-electron chi connectivity index (χ3n) is 4.37. The molecule has 0 unspecified atom stereocenters. The Hall–Kier alpha value is -0.570. The number of likely N-dealkylation sites (tertiary alicyclic amines) is 1. The second-order valence-corrected chi connectivity index (χ2v) is 5.85. The number of nitrogens with zero attached hydrogens (tertiary/aromatic N) is 1. The molecule has 2 fully saturated rings. The predicted octanol–water partition coefficient (Wildman–Crippen LogP) is 2.84. The molecule has 1 atom stereocenters. The Morgan fingerprint density at radius 1 is 1.17 bits per heavy atom. The molecule has 1 saturated carbocycles. The summed E-state index contributed by atoms with van der Waals surface area (Å²) >= 11 is 0. The number of ether oxygens (including phenoxy) is 1. The second-order valence-electron chi connectivity index (χ2n) is 5.85. The molecule has 3 nitrogen and oxygen atoms in total. The molecular weight excluding hydrogens is 226 g/mol. The number of esters is 1. The Bertz CT molecular complexity index is 261. The van der Waals surface area contributed by atoms with Gasteiger partial charge in [0, 0.05) is 13.1 Å². The van der Waals surface area contributed by atoms with Crippen LogP contribution in [0, 0.1) is 11.8 Å². The first-order valence-electron chi connectivity index (χ1n) is 7.68. The summed E-state index contributed by atoms with van der Waals surface area (Å²) in [5.41, 5.74) is 0. The third-order valence-corrected chi connectivity index (χ3v) is 4.37. The van der Waals surface area contributed by atoms with E-state index in [1.807, 2.05) is 6.92 Å². The Balaban J connectivity index is 1.77. The van der Waals surface area contributed by atoms with Crippen LogP contribution in [0.25, 0.3) is 0 Å². The van der Waals surface area contributed by atoms with Crippen LogP contribution < -0.4 is 0 Å². The maximum Gasteiger partial charge on any atom is 0.310 e. The number of rotatable bonds is 4. The molecule has 1 heterocycles. The van der Waals surface area contributed by atoms with Gasteiger partial charge in [-0.15, -0.1) is 0 Å². The van der Waals surface area contributed by atoms with Gasteiger partial charge < -0.3 is 9.64 Å². The molecule has 0 N–H and O–H groups in total. The number of carbonyl (C=O) groups excluding carboxylic acids is 1. The lowest BCUT2D eigenvalue weighted by molar-refractivity contribution is -0.150. The van der Waals surface area contributed by atoms with Gasteiger partial charge in [0.1, 0.15) is 0 Å². The highest BCUT2D eigenvalue weighted by molar-refractivity contribution is 5.72. The van der Waals surface area contributed by atoms with Crippen LogP contribution in [-0.4, -0.2) is 37.1 Å². The first-order valence-corrected chi connectivity index (χ1v) is 7.68. The van der Waals surface area contributed by atoms with Gasteiger partial charge >= 0.3 is 5.97 Å². The molecule has 0 radical (unpaired) electrons. The number of piperidine rings is 1. The van der Waals surface area contributed by atoms with Gasteiger partial charge in [-0.05, 0) is 45.1 Å². The molecule has 104 valence electrons. The number of hydrogen-bond donors (Lipinski definition) is 0. The van der Waals surface area contributed by atoms with Crippen LogP contribution in [0.15, 0.2) is 0 Å². The maximum absolute atomic E-state index is 11.8. The summed E-state index contributed by atoms with van der Waals surface area (Å²) in [4.78, 5) is 14.3. The van der Waals surface area contributed by atoms with E-state index in [0.29, 0.717) is 6.61 Å². The third kappa shape index (κ3) is 3.98. The quantitative estimate of drug-likeness (QED) is 0.722. The minimum atomic E-state index is 0.0193. The molecule has 1 aliphatic carbocycles. The molecule has 18 heavy (non-hydrogen) atoms. The SMILES string of the molecule is CCOC(=O)[C@H]1CCCN(CC2CCCCC2)C1. The molecule has 2 aliphatic rings. The number of carbonyl (C=O) groups is 1. The van der Waals surface area contributed by atoms with Crippen molar-refractivity contribution in [1.82, 2.24) is 4.90 Å². The van der Waals surface area contributed by atoms with Gasteiger partial charge in [-0.2, -0.15) is 0 Å². The zero-order chi connectivity index (χ0) is 12.8. The molecule has 2 rings (SSSR count). The molecular formula is C15H27NO2. The van der Waals surface area contributed by atoms with Crippen LogP contribution in [0.2, 0.25) is 0 Å². The van der Waals surface area contributed by atoms with E-state index in [2.05, 4.69) is 4.90 Å². The van der Waals surface area contributed by atoms with Crippen LogP contribution in [0.3, 0.4) is 0 Å². The Labute approximate surface area is 111 Å². The standard InChI is InChI=1S/C15H27NO2/c1-2-18-15(17)14-9-6-10-16(12-14)11-13-7-4-3-5-8-13/h13-14H,2-12H2,1H3/t14-/m0/s1. The lowest BCUT2D eigenvalue weighted by Gasteiger charge is -2.35. The molecule has 1 saturated heterocycles. The van der Waals surface area contributed by atoms with Gasteiger partial charge in [-0.1, -0.05) is 19.3 Å². The van der Waals surface area contributed by atoms with E-state index in [1.54, 1.807) is 0 Å². The topological polar surface area (TPSA) is 29.5 Å². The zero-order valence-electron chi connectivity index (χ0n) is 11.7. The summed E-state index contributed by atoms with van der Waals surface area (Å²) in [6, 6.07) is 0. The fourth-order valence-electron chi connectivity index (χ4n) is 3.41. The molecule has 0 aromatic heterocycles. The summed E-state index contributed by atoms with van der Waals surface area (Å²) in [5.74, 6) is 1.02. The minimum absolute atomic E-state index is 0.0193. The van der Waals surface area contributed by atoms with E-state index in [9.17, 15) is 4.79 Å². The highest BCUT2D eigenvalue weighted by Gasteiger charge is 2.28. The van der Waals surface area contributed by atoms with E-state index < -0.39 is 0 Å². The van der Waals surface area contributed by atoms with Crippen LogP contribution in [0.5, 0.6) is 0 Å². The van der Waals surface area contributed by atoms with Crippen molar-refractivity contribution in [2.45, 2.75) is 51.9 Å². The molecule has 0 aromatic rings. The fraction of sp³-hybridized carbons (Fsp3) is 0.933. The smallest absolute Gasteiger partial charge is 0.310 e. The Kier molecular flexibility index (Phi) is 5.48. The fourth-order valence-corrected chi connectivity index (χ4v) is 3.41. The van der Waals surface area contributed by atoms with Crippen molar-refractivity contribution >= 4 is 5.97 Å². The second kappa shape index (κ2) is 7.13. The lowest BCUT2D eigenvalue weighted by atomic mass is 9.88. The van der Waals surface area contributed by atoms with Gasteiger partial charge in [-0.25, -0.2) is 0 Å². The van der Waals surface area contributed by atoms with Gasteiger partial charge in [0.05, 0.1) is 12.5 Å². The van der Waals surface area contributed by atoms with E-state index in [-0.39, 0.29) is 11.9 Å². The highest BCUT2D eigenvalue weighted by atomic mass is 16.5. The summed E-state index contributed by atoms with van der Waals surface area (Å²) in [7, 11) is 0. The van der Waals surface area contributed by atoms with Crippen LogP contribution in [-0.2, 0) is 9.53 Å². The van der Waals surface area contributed by atoms with Crippen molar-refractivity contribution in [3.8, 4) is 0 Å². The molecule has 3 heteroatoms.